The van der Waals surface area contributed by atoms with Gasteiger partial charge in [-0.2, -0.15) is 5.10 Å². The van der Waals surface area contributed by atoms with E-state index in [9.17, 15) is 0 Å². The highest BCUT2D eigenvalue weighted by Crippen LogP contribution is 2.37. The molecular formula is C25H21FN8O3. The maximum absolute atomic E-state index is 15.2. The Morgan fingerprint density at radius 3 is 3.00 bits per heavy atom. The van der Waals surface area contributed by atoms with E-state index in [0.717, 1.165) is 17.9 Å². The lowest BCUT2D eigenvalue weighted by Crippen LogP contribution is -2.51. The minimum absolute atomic E-state index is 0.102. The van der Waals surface area contributed by atoms with Crippen molar-refractivity contribution in [3.05, 3.63) is 60.6 Å². The van der Waals surface area contributed by atoms with Gasteiger partial charge in [-0.1, -0.05) is 0 Å². The molecule has 7 rings (SSSR count). The topological polar surface area (TPSA) is 112 Å². The number of aromatic nitrogens is 6. The van der Waals surface area contributed by atoms with Gasteiger partial charge < -0.3 is 24.4 Å². The van der Waals surface area contributed by atoms with Gasteiger partial charge in [0.2, 0.25) is 0 Å². The van der Waals surface area contributed by atoms with E-state index in [1.54, 1.807) is 28.9 Å². The third-order valence-electron chi connectivity index (χ3n) is 6.48. The summed E-state index contributed by atoms with van der Waals surface area (Å²) in [5.41, 5.74) is 2.74. The van der Waals surface area contributed by atoms with Crippen molar-refractivity contribution < 1.29 is 18.6 Å². The molecule has 0 bridgehead atoms. The molecule has 37 heavy (non-hydrogen) atoms. The molecule has 2 aliphatic heterocycles. The van der Waals surface area contributed by atoms with Gasteiger partial charge in [0.15, 0.2) is 23.0 Å². The smallest absolute Gasteiger partial charge is 0.172 e. The van der Waals surface area contributed by atoms with Crippen LogP contribution in [0, 0.1) is 12.7 Å². The van der Waals surface area contributed by atoms with Crippen molar-refractivity contribution in [1.82, 2.24) is 29.5 Å². The van der Waals surface area contributed by atoms with E-state index in [2.05, 4.69) is 30.3 Å². The van der Waals surface area contributed by atoms with Crippen LogP contribution in [0.2, 0.25) is 0 Å². The Bertz CT molecular complexity index is 1660. The lowest BCUT2D eigenvalue weighted by atomic mass is 10.1. The van der Waals surface area contributed by atoms with Crippen LogP contribution in [0.15, 0.2) is 49.2 Å². The van der Waals surface area contributed by atoms with Crippen LogP contribution in [0.4, 0.5) is 21.7 Å². The van der Waals surface area contributed by atoms with Gasteiger partial charge in [0.1, 0.15) is 42.1 Å². The quantitative estimate of drug-likeness (QED) is 0.392. The number of pyridine rings is 2. The molecule has 0 aliphatic carbocycles. The van der Waals surface area contributed by atoms with Crippen LogP contribution in [-0.4, -0.2) is 62.0 Å². The molecule has 1 N–H and O–H groups in total. The number of morpholine rings is 1. The number of hydrogen-bond donors (Lipinski definition) is 1. The zero-order chi connectivity index (χ0) is 24.9. The maximum Gasteiger partial charge on any atom is 0.172 e. The van der Waals surface area contributed by atoms with E-state index < -0.39 is 5.82 Å². The van der Waals surface area contributed by atoms with E-state index in [-0.39, 0.29) is 11.7 Å². The number of hydrogen-bond acceptors (Lipinski definition) is 10. The SMILES string of the molecule is Cc1cc(Nc2ncnc3cc4c(nc23)N2CCOC[C@H]2CO4)c(F)cc1Oc1ccn2ncnc2c1. The summed E-state index contributed by atoms with van der Waals surface area (Å²) >= 11 is 0. The molecule has 0 spiro atoms. The van der Waals surface area contributed by atoms with E-state index in [0.29, 0.717) is 59.6 Å². The highest BCUT2D eigenvalue weighted by molar-refractivity contribution is 5.90. The van der Waals surface area contributed by atoms with Gasteiger partial charge >= 0.3 is 0 Å². The Hall–Kier alpha value is -4.58. The molecule has 1 fully saturated rings. The molecule has 6 heterocycles. The summed E-state index contributed by atoms with van der Waals surface area (Å²) in [6.45, 7) is 4.30. The molecule has 5 aromatic rings. The van der Waals surface area contributed by atoms with Crippen molar-refractivity contribution in [3.8, 4) is 17.2 Å². The van der Waals surface area contributed by atoms with Gasteiger partial charge in [0.05, 0.1) is 30.5 Å². The number of aryl methyl sites for hydroxylation is 1. The summed E-state index contributed by atoms with van der Waals surface area (Å²) in [5, 5.41) is 7.16. The number of benzene rings is 1. The van der Waals surface area contributed by atoms with Crippen molar-refractivity contribution in [3.63, 3.8) is 0 Å². The number of anilines is 3. The average Bonchev–Trinajstić information content (AvgIpc) is 3.38. The molecule has 1 saturated heterocycles. The molecular weight excluding hydrogens is 479 g/mol. The number of rotatable bonds is 4. The number of nitrogens with zero attached hydrogens (tertiary/aromatic N) is 7. The average molecular weight is 500 g/mol. The number of nitrogens with one attached hydrogen (secondary N) is 1. The Morgan fingerprint density at radius 2 is 2.05 bits per heavy atom. The van der Waals surface area contributed by atoms with Crippen molar-refractivity contribution in [2.45, 2.75) is 13.0 Å². The number of fused-ring (bicyclic) bond motifs is 5. The number of ether oxygens (including phenoxy) is 3. The molecule has 2 aliphatic rings. The zero-order valence-corrected chi connectivity index (χ0v) is 19.8. The summed E-state index contributed by atoms with van der Waals surface area (Å²) in [7, 11) is 0. The van der Waals surface area contributed by atoms with Crippen LogP contribution in [0.1, 0.15) is 5.56 Å². The first kappa shape index (κ1) is 21.7. The third-order valence-corrected chi connectivity index (χ3v) is 6.48. The van der Waals surface area contributed by atoms with Crippen LogP contribution in [0.3, 0.4) is 0 Å². The van der Waals surface area contributed by atoms with Crippen molar-refractivity contribution in [2.75, 3.05) is 36.6 Å². The second-order valence-corrected chi connectivity index (χ2v) is 8.88. The Morgan fingerprint density at radius 1 is 1.11 bits per heavy atom. The molecule has 4 aromatic heterocycles. The minimum atomic E-state index is -0.495. The van der Waals surface area contributed by atoms with Gasteiger partial charge in [0.25, 0.3) is 0 Å². The van der Waals surface area contributed by atoms with Crippen LogP contribution in [0.5, 0.6) is 17.2 Å². The van der Waals surface area contributed by atoms with E-state index >= 15 is 4.39 Å². The predicted molar refractivity (Wildman–Crippen MR) is 132 cm³/mol. The van der Waals surface area contributed by atoms with Gasteiger partial charge in [-0.3, -0.25) is 0 Å². The van der Waals surface area contributed by atoms with Crippen molar-refractivity contribution in [2.24, 2.45) is 0 Å². The van der Waals surface area contributed by atoms with Gasteiger partial charge in [0, 0.05) is 30.9 Å². The summed E-state index contributed by atoms with van der Waals surface area (Å²) < 4.78 is 34.3. The van der Waals surface area contributed by atoms with E-state index in [4.69, 9.17) is 19.2 Å². The molecule has 1 aromatic carbocycles. The molecule has 0 radical (unpaired) electrons. The van der Waals surface area contributed by atoms with Gasteiger partial charge in [-0.25, -0.2) is 28.8 Å². The fourth-order valence-corrected chi connectivity index (χ4v) is 4.60. The fourth-order valence-electron chi connectivity index (χ4n) is 4.60. The molecule has 0 amide bonds. The minimum Gasteiger partial charge on any atom is -0.487 e. The van der Waals surface area contributed by atoms with Crippen molar-refractivity contribution in [1.29, 1.82) is 0 Å². The Labute approximate surface area is 209 Å². The number of halogens is 1. The monoisotopic (exact) mass is 500 g/mol. The summed E-state index contributed by atoms with van der Waals surface area (Å²) in [6, 6.07) is 8.45. The summed E-state index contributed by atoms with van der Waals surface area (Å²) in [5.74, 6) is 2.21. The highest BCUT2D eigenvalue weighted by atomic mass is 19.1. The first-order chi connectivity index (χ1) is 18.1. The molecule has 0 saturated carbocycles. The molecule has 0 unspecified atom stereocenters. The Kier molecular flexibility index (Phi) is 4.99. The third kappa shape index (κ3) is 3.82. The van der Waals surface area contributed by atoms with Crippen LogP contribution >= 0.6 is 0 Å². The lowest BCUT2D eigenvalue weighted by molar-refractivity contribution is 0.0698. The first-order valence-electron chi connectivity index (χ1n) is 11.8. The predicted octanol–water partition coefficient (Wildman–Crippen LogP) is 3.65. The van der Waals surface area contributed by atoms with Crippen LogP contribution < -0.4 is 19.7 Å². The largest absolute Gasteiger partial charge is 0.487 e. The lowest BCUT2D eigenvalue weighted by Gasteiger charge is -2.40. The first-order valence-corrected chi connectivity index (χ1v) is 11.8. The van der Waals surface area contributed by atoms with E-state index in [1.165, 1.54) is 18.7 Å². The zero-order valence-electron chi connectivity index (χ0n) is 19.8. The molecule has 186 valence electrons. The van der Waals surface area contributed by atoms with Crippen LogP contribution in [-0.2, 0) is 4.74 Å². The normalized spacial score (nSPS) is 16.8. The second-order valence-electron chi connectivity index (χ2n) is 8.88. The Balaban J connectivity index is 1.21. The standard InChI is InChI=1S/C25H21FN8O3/c1-14-6-18(17(26)8-20(14)37-16-2-3-34-22(7-16)28-13-30-34)31-24-23-19(27-12-29-24)9-21-25(32-23)33-4-5-35-10-15(33)11-36-21/h2-3,6-9,12-13,15H,4-5,10-11H2,1H3,(H,27,29,31)/t15-/m0/s1. The summed E-state index contributed by atoms with van der Waals surface area (Å²) in [4.78, 5) is 19.9. The molecule has 1 atom stereocenters. The van der Waals surface area contributed by atoms with E-state index in [1.807, 2.05) is 13.0 Å². The fraction of sp³-hybridized carbons (Fsp3) is 0.240. The summed E-state index contributed by atoms with van der Waals surface area (Å²) in [6.07, 6.45) is 4.61. The second kappa shape index (κ2) is 8.52. The van der Waals surface area contributed by atoms with Crippen molar-refractivity contribution >= 4 is 34.0 Å². The molecule has 12 heteroatoms. The van der Waals surface area contributed by atoms with Gasteiger partial charge in [-0.15, -0.1) is 0 Å². The highest BCUT2D eigenvalue weighted by Gasteiger charge is 2.32. The maximum atomic E-state index is 15.2. The van der Waals surface area contributed by atoms with Gasteiger partial charge in [-0.05, 0) is 24.6 Å². The molecule has 11 nitrogen and oxygen atoms in total. The van der Waals surface area contributed by atoms with Crippen LogP contribution in [0.25, 0.3) is 16.7 Å².